The van der Waals surface area contributed by atoms with E-state index in [1.54, 1.807) is 6.07 Å². The molecular weight excluding hydrogens is 404 g/mol. The number of nitrogens with zero attached hydrogens (tertiary/aromatic N) is 2. The fraction of sp³-hybridized carbons (Fsp3) is 0.250. The van der Waals surface area contributed by atoms with Gasteiger partial charge in [0.25, 0.3) is 10.0 Å². The van der Waals surface area contributed by atoms with Gasteiger partial charge in [-0.2, -0.15) is 8.70 Å². The summed E-state index contributed by atoms with van der Waals surface area (Å²) in [5.74, 6) is -1.75. The van der Waals surface area contributed by atoms with Crippen LogP contribution in [0.1, 0.15) is 11.6 Å². The number of hydrogen-bond acceptors (Lipinski definition) is 5. The van der Waals surface area contributed by atoms with Gasteiger partial charge in [0.1, 0.15) is 5.82 Å². The lowest BCUT2D eigenvalue weighted by Crippen LogP contribution is -2.48. The second-order valence-electron chi connectivity index (χ2n) is 5.73. The van der Waals surface area contributed by atoms with Crippen LogP contribution in [0, 0.1) is 21.7 Å². The number of rotatable bonds is 4. The molecule has 0 aliphatic carbocycles. The van der Waals surface area contributed by atoms with E-state index in [9.17, 15) is 27.3 Å². The molecule has 1 fully saturated rings. The van der Waals surface area contributed by atoms with Gasteiger partial charge in [-0.15, -0.1) is 12.4 Å². The van der Waals surface area contributed by atoms with Gasteiger partial charge in [-0.05, 0) is 29.8 Å². The van der Waals surface area contributed by atoms with Crippen LogP contribution >= 0.6 is 12.4 Å². The van der Waals surface area contributed by atoms with Gasteiger partial charge in [-0.3, -0.25) is 10.1 Å². The first-order valence-corrected chi connectivity index (χ1v) is 9.17. The second-order valence-corrected chi connectivity index (χ2v) is 7.59. The number of benzene rings is 2. The van der Waals surface area contributed by atoms with E-state index in [4.69, 9.17) is 0 Å². The molecule has 1 aliphatic heterocycles. The summed E-state index contributed by atoms with van der Waals surface area (Å²) in [6.45, 7) is 0.525. The highest BCUT2D eigenvalue weighted by atomic mass is 35.5. The molecule has 0 bridgehead atoms. The van der Waals surface area contributed by atoms with Crippen LogP contribution in [0.4, 0.5) is 14.5 Å². The van der Waals surface area contributed by atoms with Gasteiger partial charge in [0.2, 0.25) is 5.82 Å². The zero-order valence-corrected chi connectivity index (χ0v) is 15.5. The first-order valence-electron chi connectivity index (χ1n) is 7.73. The fourth-order valence-electron chi connectivity index (χ4n) is 2.98. The predicted molar refractivity (Wildman–Crippen MR) is 96.2 cm³/mol. The Bertz CT molecular complexity index is 958. The molecule has 11 heteroatoms. The third-order valence-electron chi connectivity index (χ3n) is 4.15. The summed E-state index contributed by atoms with van der Waals surface area (Å²) in [4.78, 5) is 9.42. The normalized spacial score (nSPS) is 17.9. The van der Waals surface area contributed by atoms with Gasteiger partial charge < -0.3 is 5.32 Å². The summed E-state index contributed by atoms with van der Waals surface area (Å²) in [7, 11) is -4.38. The Morgan fingerprint density at radius 1 is 1.19 bits per heavy atom. The van der Waals surface area contributed by atoms with Crippen LogP contribution in [0.5, 0.6) is 0 Å². The molecule has 0 aromatic heterocycles. The Kier molecular flexibility index (Phi) is 6.47. The fourth-order valence-corrected chi connectivity index (χ4v) is 4.76. The number of hydrogen-bond donors (Lipinski definition) is 1. The van der Waals surface area contributed by atoms with E-state index in [0.717, 1.165) is 22.5 Å². The van der Waals surface area contributed by atoms with Gasteiger partial charge in [0.15, 0.2) is 4.90 Å². The standard InChI is InChI=1S/C16H15F2N3O4S.ClH/c17-12-4-1-3-11(9-12)14-10-19-7-8-20(14)26(24,25)15-6-2-5-13(18)16(15)21(22)23;/h1-6,9,14,19H,7-8,10H2;1H. The van der Waals surface area contributed by atoms with E-state index in [0.29, 0.717) is 12.1 Å². The van der Waals surface area contributed by atoms with Gasteiger partial charge in [-0.1, -0.05) is 18.2 Å². The highest BCUT2D eigenvalue weighted by Crippen LogP contribution is 2.34. The molecule has 1 atom stereocenters. The number of nitrogens with one attached hydrogen (secondary N) is 1. The predicted octanol–water partition coefficient (Wildman–Crippen LogP) is 2.63. The average molecular weight is 420 g/mol. The minimum atomic E-state index is -4.38. The average Bonchev–Trinajstić information content (AvgIpc) is 2.61. The first kappa shape index (κ1) is 21.2. The van der Waals surface area contributed by atoms with E-state index < -0.39 is 43.2 Å². The van der Waals surface area contributed by atoms with E-state index in [1.807, 2.05) is 0 Å². The van der Waals surface area contributed by atoms with Crippen LogP contribution in [0.25, 0.3) is 0 Å². The Hall–Kier alpha value is -2.14. The number of halogens is 3. The van der Waals surface area contributed by atoms with Crippen molar-refractivity contribution in [3.8, 4) is 0 Å². The van der Waals surface area contributed by atoms with Crippen LogP contribution in [0.15, 0.2) is 47.4 Å². The van der Waals surface area contributed by atoms with Crippen LogP contribution in [-0.2, 0) is 10.0 Å². The van der Waals surface area contributed by atoms with Crippen LogP contribution in [0.3, 0.4) is 0 Å². The smallest absolute Gasteiger partial charge is 0.313 e. The quantitative estimate of drug-likeness (QED) is 0.607. The van der Waals surface area contributed by atoms with E-state index in [2.05, 4.69) is 5.32 Å². The van der Waals surface area contributed by atoms with Gasteiger partial charge >= 0.3 is 5.69 Å². The van der Waals surface area contributed by atoms with Crippen molar-refractivity contribution in [2.24, 2.45) is 0 Å². The summed E-state index contributed by atoms with van der Waals surface area (Å²) in [5, 5.41) is 14.2. The molecular formula is C16H16ClF2N3O4S. The van der Waals surface area contributed by atoms with Gasteiger partial charge in [-0.25, -0.2) is 12.8 Å². The summed E-state index contributed by atoms with van der Waals surface area (Å²) >= 11 is 0. The molecule has 0 amide bonds. The number of piperazine rings is 1. The summed E-state index contributed by atoms with van der Waals surface area (Å²) in [6.07, 6.45) is 0. The molecule has 2 aromatic carbocycles. The van der Waals surface area contributed by atoms with Crippen LogP contribution in [0.2, 0.25) is 0 Å². The van der Waals surface area contributed by atoms with Crippen molar-refractivity contribution in [3.05, 3.63) is 69.8 Å². The Morgan fingerprint density at radius 3 is 2.56 bits per heavy atom. The molecule has 0 spiro atoms. The second kappa shape index (κ2) is 8.26. The number of para-hydroxylation sites is 1. The molecule has 0 radical (unpaired) electrons. The van der Waals surface area contributed by atoms with Gasteiger partial charge in [0.05, 0.1) is 11.0 Å². The van der Waals surface area contributed by atoms with Crippen LogP contribution in [-0.4, -0.2) is 37.3 Å². The van der Waals surface area contributed by atoms with Crippen molar-refractivity contribution in [1.82, 2.24) is 9.62 Å². The van der Waals surface area contributed by atoms with Crippen molar-refractivity contribution in [2.45, 2.75) is 10.9 Å². The lowest BCUT2D eigenvalue weighted by atomic mass is 10.1. The maximum absolute atomic E-state index is 13.9. The van der Waals surface area contributed by atoms with Crippen molar-refractivity contribution >= 4 is 28.1 Å². The summed E-state index contributed by atoms with van der Waals surface area (Å²) < 4.78 is 54.6. The Balaban J connectivity index is 0.00000261. The molecule has 1 heterocycles. The zero-order valence-electron chi connectivity index (χ0n) is 13.8. The van der Waals surface area contributed by atoms with Gasteiger partial charge in [0, 0.05) is 19.6 Å². The maximum Gasteiger partial charge on any atom is 0.324 e. The molecule has 2 aromatic rings. The van der Waals surface area contributed by atoms with E-state index in [1.165, 1.54) is 18.2 Å². The van der Waals surface area contributed by atoms with E-state index in [-0.39, 0.29) is 25.5 Å². The third kappa shape index (κ3) is 4.08. The molecule has 1 N–H and O–H groups in total. The SMILES string of the molecule is Cl.O=[N+]([O-])c1c(F)cccc1S(=O)(=O)N1CCNCC1c1cccc(F)c1. The zero-order chi connectivity index (χ0) is 18.9. The lowest BCUT2D eigenvalue weighted by molar-refractivity contribution is -0.390. The highest BCUT2D eigenvalue weighted by Gasteiger charge is 2.39. The highest BCUT2D eigenvalue weighted by molar-refractivity contribution is 7.89. The summed E-state index contributed by atoms with van der Waals surface area (Å²) in [6, 6.07) is 7.63. The van der Waals surface area contributed by atoms with Crippen molar-refractivity contribution < 1.29 is 22.1 Å². The van der Waals surface area contributed by atoms with E-state index >= 15 is 0 Å². The minimum absolute atomic E-state index is 0. The molecule has 1 aliphatic rings. The molecule has 1 unspecified atom stereocenters. The molecule has 0 saturated carbocycles. The number of sulfonamides is 1. The maximum atomic E-state index is 13.9. The number of nitro benzene ring substituents is 1. The first-order chi connectivity index (χ1) is 12.3. The Morgan fingerprint density at radius 2 is 1.89 bits per heavy atom. The molecule has 27 heavy (non-hydrogen) atoms. The topological polar surface area (TPSA) is 92.5 Å². The monoisotopic (exact) mass is 419 g/mol. The largest absolute Gasteiger partial charge is 0.324 e. The number of nitro groups is 1. The minimum Gasteiger partial charge on any atom is -0.313 e. The van der Waals surface area contributed by atoms with Crippen molar-refractivity contribution in [1.29, 1.82) is 0 Å². The Labute approximate surface area is 160 Å². The molecule has 7 nitrogen and oxygen atoms in total. The lowest BCUT2D eigenvalue weighted by Gasteiger charge is -2.35. The van der Waals surface area contributed by atoms with Crippen LogP contribution < -0.4 is 5.32 Å². The molecule has 3 rings (SSSR count). The molecule has 146 valence electrons. The molecule has 1 saturated heterocycles. The third-order valence-corrected chi connectivity index (χ3v) is 6.09. The van der Waals surface area contributed by atoms with Crippen molar-refractivity contribution in [3.63, 3.8) is 0 Å². The van der Waals surface area contributed by atoms with Crippen molar-refractivity contribution in [2.75, 3.05) is 19.6 Å². The summed E-state index contributed by atoms with van der Waals surface area (Å²) in [5.41, 5.74) is -0.691.